The van der Waals surface area contributed by atoms with Gasteiger partial charge in [0.15, 0.2) is 0 Å². The van der Waals surface area contributed by atoms with Crippen LogP contribution in [-0.2, 0) is 15.1 Å². The number of hydrogen-bond donors (Lipinski definition) is 3. The number of nitrogens with zero attached hydrogens (tertiary/aromatic N) is 1. The zero-order chi connectivity index (χ0) is 25.4. The maximum atomic E-state index is 13.0. The van der Waals surface area contributed by atoms with Crippen LogP contribution >= 0.6 is 0 Å². The van der Waals surface area contributed by atoms with Crippen molar-refractivity contribution in [3.05, 3.63) is 59.7 Å². The molecule has 2 aromatic rings. The number of anilines is 1. The number of benzene rings is 2. The van der Waals surface area contributed by atoms with E-state index in [0.29, 0.717) is 16.2 Å². The highest BCUT2D eigenvalue weighted by atomic mass is 19.4. The molecule has 4 rings (SSSR count). The normalized spacial score (nSPS) is 19.8. The van der Waals surface area contributed by atoms with Crippen molar-refractivity contribution in [3.63, 3.8) is 0 Å². The van der Waals surface area contributed by atoms with Gasteiger partial charge in [0, 0.05) is 17.3 Å². The fraction of sp³-hybridized carbons (Fsp3) is 0.304. The highest BCUT2D eigenvalue weighted by molar-refractivity contribution is 6.10. The lowest BCUT2D eigenvalue weighted by Gasteiger charge is -2.22. The average molecular weight is 490 g/mol. The molecule has 1 aliphatic heterocycles. The topological polar surface area (TPSA) is 117 Å². The Hall–Kier alpha value is -4.09. The van der Waals surface area contributed by atoms with Crippen molar-refractivity contribution in [2.75, 3.05) is 11.9 Å². The summed E-state index contributed by atoms with van der Waals surface area (Å²) in [5, 5.41) is 7.87. The van der Waals surface area contributed by atoms with Crippen molar-refractivity contribution < 1.29 is 37.1 Å². The number of imide groups is 1. The maximum absolute atomic E-state index is 13.0. The van der Waals surface area contributed by atoms with E-state index in [9.17, 15) is 32.3 Å². The monoisotopic (exact) mass is 490 g/mol. The van der Waals surface area contributed by atoms with Crippen molar-refractivity contribution in [2.45, 2.75) is 37.7 Å². The Morgan fingerprint density at radius 2 is 1.83 bits per heavy atom. The molecule has 0 aromatic heterocycles. The lowest BCUT2D eigenvalue weighted by molar-refractivity contribution is -0.274. The molecule has 0 spiro atoms. The number of hydrogen-bond acceptors (Lipinski definition) is 5. The van der Waals surface area contributed by atoms with Gasteiger partial charge in [-0.3, -0.25) is 19.3 Å². The summed E-state index contributed by atoms with van der Waals surface area (Å²) in [4.78, 5) is 50.9. The molecule has 1 saturated carbocycles. The molecule has 0 radical (unpaired) electrons. The lowest BCUT2D eigenvalue weighted by Crippen LogP contribution is -2.42. The maximum Gasteiger partial charge on any atom is 0.573 e. The van der Waals surface area contributed by atoms with E-state index in [0.717, 1.165) is 25.0 Å². The second kappa shape index (κ2) is 8.93. The molecule has 2 aromatic carbocycles. The van der Waals surface area contributed by atoms with Crippen LogP contribution in [0, 0.1) is 0 Å². The van der Waals surface area contributed by atoms with Crippen molar-refractivity contribution >= 4 is 29.4 Å². The minimum Gasteiger partial charge on any atom is -0.406 e. The van der Waals surface area contributed by atoms with E-state index in [1.54, 1.807) is 18.2 Å². The number of rotatable bonds is 7. The van der Waals surface area contributed by atoms with E-state index >= 15 is 0 Å². The first-order chi connectivity index (χ1) is 16.4. The van der Waals surface area contributed by atoms with Crippen molar-refractivity contribution in [1.29, 1.82) is 0 Å². The van der Waals surface area contributed by atoms with Crippen LogP contribution in [0.3, 0.4) is 0 Å². The summed E-state index contributed by atoms with van der Waals surface area (Å²) in [6, 6.07) is 10.1. The third kappa shape index (κ3) is 5.53. The van der Waals surface area contributed by atoms with E-state index in [-0.39, 0.29) is 17.5 Å². The number of ether oxygens (including phenoxy) is 1. The smallest absolute Gasteiger partial charge is 0.406 e. The summed E-state index contributed by atoms with van der Waals surface area (Å²) >= 11 is 0. The summed E-state index contributed by atoms with van der Waals surface area (Å²) in [5.74, 6) is -2.17. The third-order valence-corrected chi connectivity index (χ3v) is 5.56. The van der Waals surface area contributed by atoms with Gasteiger partial charge in [-0.1, -0.05) is 18.2 Å². The predicted molar refractivity (Wildman–Crippen MR) is 116 cm³/mol. The Balaban J connectivity index is 1.41. The van der Waals surface area contributed by atoms with Crippen molar-refractivity contribution in [2.24, 2.45) is 0 Å². The number of carbonyl (C=O) groups excluding carboxylic acids is 4. The predicted octanol–water partition coefficient (Wildman–Crippen LogP) is 2.88. The highest BCUT2D eigenvalue weighted by Gasteiger charge is 2.49. The molecule has 12 heteroatoms. The second-order valence-electron chi connectivity index (χ2n) is 8.40. The average Bonchev–Trinajstić information content (AvgIpc) is 3.56. The van der Waals surface area contributed by atoms with Crippen LogP contribution in [0.4, 0.5) is 23.7 Å². The SMILES string of the molecule is CC1(c2ccc(OC(F)(F)F)cc2)NC(=O)N(CC(=O)Nc2cccc(C(=O)NC3CC3)c2)C1=O. The van der Waals surface area contributed by atoms with Gasteiger partial charge in [-0.15, -0.1) is 13.2 Å². The Morgan fingerprint density at radius 1 is 1.14 bits per heavy atom. The zero-order valence-corrected chi connectivity index (χ0v) is 18.4. The Kier molecular flexibility index (Phi) is 6.14. The van der Waals surface area contributed by atoms with Crippen LogP contribution in [-0.4, -0.2) is 47.6 Å². The molecular formula is C23H21F3N4O5. The Labute approximate surface area is 197 Å². The molecule has 2 fully saturated rings. The molecule has 1 unspecified atom stereocenters. The van der Waals surface area contributed by atoms with E-state index in [2.05, 4.69) is 20.7 Å². The van der Waals surface area contributed by atoms with Gasteiger partial charge in [-0.2, -0.15) is 0 Å². The largest absolute Gasteiger partial charge is 0.573 e. The standard InChI is InChI=1S/C23H21F3N4O5/c1-22(14-5-9-17(10-6-14)35-23(24,25)26)20(33)30(21(34)29-22)12-18(31)27-16-4-2-3-13(11-16)19(32)28-15-7-8-15/h2-6,9-11,15H,7-8,12H2,1H3,(H,27,31)(H,28,32)(H,29,34). The van der Waals surface area contributed by atoms with Crippen LogP contribution in [0.25, 0.3) is 0 Å². The fourth-order valence-corrected chi connectivity index (χ4v) is 3.60. The minimum atomic E-state index is -4.87. The van der Waals surface area contributed by atoms with Crippen molar-refractivity contribution in [3.8, 4) is 5.75 Å². The Bertz CT molecular complexity index is 1180. The van der Waals surface area contributed by atoms with Crippen LogP contribution in [0.2, 0.25) is 0 Å². The molecule has 1 heterocycles. The molecular weight excluding hydrogens is 469 g/mol. The molecule has 1 atom stereocenters. The highest BCUT2D eigenvalue weighted by Crippen LogP contribution is 2.31. The third-order valence-electron chi connectivity index (χ3n) is 5.56. The van der Waals surface area contributed by atoms with Gasteiger partial charge in [0.2, 0.25) is 5.91 Å². The molecule has 1 aliphatic carbocycles. The van der Waals surface area contributed by atoms with Gasteiger partial charge in [0.1, 0.15) is 17.8 Å². The molecule has 1 saturated heterocycles. The molecule has 184 valence electrons. The molecule has 35 heavy (non-hydrogen) atoms. The van der Waals surface area contributed by atoms with E-state index in [1.807, 2.05) is 0 Å². The van der Waals surface area contributed by atoms with Gasteiger partial charge < -0.3 is 20.7 Å². The second-order valence-corrected chi connectivity index (χ2v) is 8.40. The summed E-state index contributed by atoms with van der Waals surface area (Å²) in [6.07, 6.45) is -3.01. The van der Waals surface area contributed by atoms with Gasteiger partial charge in [0.05, 0.1) is 0 Å². The summed E-state index contributed by atoms with van der Waals surface area (Å²) < 4.78 is 40.9. The van der Waals surface area contributed by atoms with Gasteiger partial charge in [-0.05, 0) is 55.7 Å². The number of urea groups is 1. The summed E-state index contributed by atoms with van der Waals surface area (Å²) in [6.45, 7) is 0.779. The van der Waals surface area contributed by atoms with Gasteiger partial charge in [0.25, 0.3) is 11.8 Å². The van der Waals surface area contributed by atoms with E-state index < -0.39 is 42.0 Å². The van der Waals surface area contributed by atoms with Gasteiger partial charge in [-0.25, -0.2) is 4.79 Å². The van der Waals surface area contributed by atoms with Crippen LogP contribution < -0.4 is 20.7 Å². The fourth-order valence-electron chi connectivity index (χ4n) is 3.60. The molecule has 3 N–H and O–H groups in total. The molecule has 5 amide bonds. The van der Waals surface area contributed by atoms with Crippen molar-refractivity contribution in [1.82, 2.24) is 15.5 Å². The quantitative estimate of drug-likeness (QED) is 0.516. The molecule has 9 nitrogen and oxygen atoms in total. The minimum absolute atomic E-state index is 0.170. The van der Waals surface area contributed by atoms with E-state index in [1.165, 1.54) is 25.1 Å². The lowest BCUT2D eigenvalue weighted by atomic mass is 9.92. The number of halogens is 3. The first kappa shape index (κ1) is 24.0. The molecule has 0 bridgehead atoms. The number of amides is 5. The Morgan fingerprint density at radius 3 is 2.46 bits per heavy atom. The summed E-state index contributed by atoms with van der Waals surface area (Å²) in [7, 11) is 0. The van der Waals surface area contributed by atoms with Crippen LogP contribution in [0.15, 0.2) is 48.5 Å². The molecule has 2 aliphatic rings. The first-order valence-electron chi connectivity index (χ1n) is 10.7. The first-order valence-corrected chi connectivity index (χ1v) is 10.7. The van der Waals surface area contributed by atoms with Crippen LogP contribution in [0.5, 0.6) is 5.75 Å². The number of carbonyl (C=O) groups is 4. The number of nitrogens with one attached hydrogen (secondary N) is 3. The van der Waals surface area contributed by atoms with Gasteiger partial charge >= 0.3 is 12.4 Å². The van der Waals surface area contributed by atoms with Crippen LogP contribution in [0.1, 0.15) is 35.7 Å². The number of alkyl halides is 3. The summed E-state index contributed by atoms with van der Waals surface area (Å²) in [5.41, 5.74) is -0.707. The zero-order valence-electron chi connectivity index (χ0n) is 18.4. The van der Waals surface area contributed by atoms with E-state index in [4.69, 9.17) is 0 Å².